The van der Waals surface area contributed by atoms with Crippen molar-refractivity contribution in [3.8, 4) is 0 Å². The second-order valence-corrected chi connectivity index (χ2v) is 2.73. The summed E-state index contributed by atoms with van der Waals surface area (Å²) >= 11 is 1.10. The lowest BCUT2D eigenvalue weighted by Gasteiger charge is -1.91. The Hall–Kier alpha value is -1.17. The number of anilines is 1. The third kappa shape index (κ3) is 1.30. The molecule has 1 heterocycles. The van der Waals surface area contributed by atoms with E-state index in [-0.39, 0.29) is 5.69 Å². The maximum absolute atomic E-state index is 10.4. The van der Waals surface area contributed by atoms with Gasteiger partial charge in [-0.15, -0.1) is 0 Å². The number of aromatic nitrogens is 1. The normalized spacial score (nSPS) is 9.64. The van der Waals surface area contributed by atoms with Crippen molar-refractivity contribution in [1.29, 1.82) is 0 Å². The molecule has 1 rings (SSSR count). The van der Waals surface area contributed by atoms with Gasteiger partial charge in [-0.05, 0) is 18.5 Å². The van der Waals surface area contributed by atoms with Gasteiger partial charge in [-0.2, -0.15) is 4.37 Å². The minimum absolute atomic E-state index is 0.0810. The molecule has 1 aromatic rings. The Bertz CT molecular complexity index is 283. The van der Waals surface area contributed by atoms with Gasteiger partial charge in [0, 0.05) is 7.05 Å². The first-order valence-electron chi connectivity index (χ1n) is 2.95. The number of hydrogen-bond acceptors (Lipinski definition) is 5. The van der Waals surface area contributed by atoms with Crippen LogP contribution in [0.3, 0.4) is 0 Å². The van der Waals surface area contributed by atoms with Crippen LogP contribution in [-0.2, 0) is 0 Å². The van der Waals surface area contributed by atoms with Gasteiger partial charge in [0.15, 0.2) is 5.00 Å². The van der Waals surface area contributed by atoms with E-state index >= 15 is 0 Å². The van der Waals surface area contributed by atoms with Crippen molar-refractivity contribution < 1.29 is 4.92 Å². The molecule has 5 nitrogen and oxygen atoms in total. The van der Waals surface area contributed by atoms with Gasteiger partial charge in [0.05, 0.1) is 4.92 Å². The van der Waals surface area contributed by atoms with Gasteiger partial charge in [-0.3, -0.25) is 10.1 Å². The molecule has 0 unspecified atom stereocenters. The first kappa shape index (κ1) is 7.93. The Labute approximate surface area is 67.4 Å². The molecular weight excluding hydrogens is 166 g/mol. The predicted octanol–water partition coefficient (Wildman–Crippen LogP) is 1.40. The summed E-state index contributed by atoms with van der Waals surface area (Å²) in [5.41, 5.74) is 0.543. The molecule has 0 spiro atoms. The summed E-state index contributed by atoms with van der Waals surface area (Å²) in [6.07, 6.45) is 0. The Balaban J connectivity index is 3.17. The second kappa shape index (κ2) is 2.83. The molecule has 0 atom stereocenters. The van der Waals surface area contributed by atoms with Crippen LogP contribution in [-0.4, -0.2) is 16.3 Å². The van der Waals surface area contributed by atoms with Crippen molar-refractivity contribution in [2.45, 2.75) is 6.92 Å². The van der Waals surface area contributed by atoms with E-state index < -0.39 is 4.92 Å². The van der Waals surface area contributed by atoms with Gasteiger partial charge in [0.25, 0.3) is 0 Å². The smallest absolute Gasteiger partial charge is 0.326 e. The maximum atomic E-state index is 10.4. The van der Waals surface area contributed by atoms with E-state index in [0.29, 0.717) is 10.7 Å². The lowest BCUT2D eigenvalue weighted by Crippen LogP contribution is -1.93. The summed E-state index contributed by atoms with van der Waals surface area (Å²) in [4.78, 5) is 9.97. The fourth-order valence-electron chi connectivity index (χ4n) is 0.744. The van der Waals surface area contributed by atoms with Gasteiger partial charge < -0.3 is 5.32 Å². The van der Waals surface area contributed by atoms with Crippen molar-refractivity contribution in [3.05, 3.63) is 15.8 Å². The van der Waals surface area contributed by atoms with Crippen LogP contribution in [0.25, 0.3) is 0 Å². The molecular formula is C5H7N3O2S. The fourth-order valence-corrected chi connectivity index (χ4v) is 1.46. The minimum atomic E-state index is -0.426. The van der Waals surface area contributed by atoms with Crippen molar-refractivity contribution in [1.82, 2.24) is 4.37 Å². The zero-order valence-electron chi connectivity index (χ0n) is 6.12. The summed E-state index contributed by atoms with van der Waals surface area (Å²) in [6.45, 7) is 1.62. The van der Waals surface area contributed by atoms with Crippen LogP contribution in [0.4, 0.5) is 10.7 Å². The Morgan fingerprint density at radius 3 is 2.73 bits per heavy atom. The first-order valence-corrected chi connectivity index (χ1v) is 3.72. The summed E-state index contributed by atoms with van der Waals surface area (Å²) < 4.78 is 3.85. The molecule has 1 N–H and O–H groups in total. The zero-order valence-corrected chi connectivity index (χ0v) is 6.94. The van der Waals surface area contributed by atoms with Crippen molar-refractivity contribution in [3.63, 3.8) is 0 Å². The number of aryl methyl sites for hydroxylation is 1. The molecule has 0 saturated heterocycles. The number of nitrogens with one attached hydrogen (secondary N) is 1. The quantitative estimate of drug-likeness (QED) is 0.542. The molecule has 11 heavy (non-hydrogen) atoms. The highest BCUT2D eigenvalue weighted by Crippen LogP contribution is 2.31. The van der Waals surface area contributed by atoms with E-state index in [1.165, 1.54) is 0 Å². The molecule has 60 valence electrons. The third-order valence-corrected chi connectivity index (χ3v) is 2.19. The highest BCUT2D eigenvalue weighted by atomic mass is 32.1. The minimum Gasteiger partial charge on any atom is -0.373 e. The van der Waals surface area contributed by atoms with E-state index in [1.807, 2.05) is 0 Å². The average molecular weight is 173 g/mol. The fraction of sp³-hybridized carbons (Fsp3) is 0.400. The Morgan fingerprint density at radius 2 is 2.36 bits per heavy atom. The molecule has 0 fully saturated rings. The number of nitrogens with zero attached hydrogens (tertiary/aromatic N) is 2. The van der Waals surface area contributed by atoms with Crippen LogP contribution in [0.15, 0.2) is 0 Å². The molecule has 0 aliphatic heterocycles. The van der Waals surface area contributed by atoms with E-state index in [4.69, 9.17) is 0 Å². The summed E-state index contributed by atoms with van der Waals surface area (Å²) in [7, 11) is 1.64. The highest BCUT2D eigenvalue weighted by molar-refractivity contribution is 7.10. The molecule has 0 aliphatic rings. The van der Waals surface area contributed by atoms with E-state index in [9.17, 15) is 10.1 Å². The predicted molar refractivity (Wildman–Crippen MR) is 43.1 cm³/mol. The van der Waals surface area contributed by atoms with Crippen LogP contribution in [0.5, 0.6) is 0 Å². The van der Waals surface area contributed by atoms with Crippen molar-refractivity contribution in [2.24, 2.45) is 0 Å². The van der Waals surface area contributed by atoms with Gasteiger partial charge in [-0.25, -0.2) is 0 Å². The summed E-state index contributed by atoms with van der Waals surface area (Å²) in [5, 5.41) is 13.6. The van der Waals surface area contributed by atoms with Crippen molar-refractivity contribution in [2.75, 3.05) is 12.4 Å². The molecule has 1 aromatic heterocycles. The molecule has 0 saturated carbocycles. The monoisotopic (exact) mass is 173 g/mol. The second-order valence-electron chi connectivity index (χ2n) is 1.95. The van der Waals surface area contributed by atoms with Crippen LogP contribution < -0.4 is 5.32 Å². The van der Waals surface area contributed by atoms with Gasteiger partial charge in [0.1, 0.15) is 5.69 Å². The lowest BCUT2D eigenvalue weighted by atomic mass is 10.4. The number of rotatable bonds is 2. The van der Waals surface area contributed by atoms with E-state index in [0.717, 1.165) is 11.5 Å². The number of hydrogen-bond donors (Lipinski definition) is 1. The summed E-state index contributed by atoms with van der Waals surface area (Å²) in [5.74, 6) is 0. The largest absolute Gasteiger partial charge is 0.373 e. The molecule has 0 radical (unpaired) electrons. The van der Waals surface area contributed by atoms with Gasteiger partial charge in [0.2, 0.25) is 0 Å². The first-order chi connectivity index (χ1) is 5.16. The van der Waals surface area contributed by atoms with E-state index in [2.05, 4.69) is 9.69 Å². The standard InChI is InChI=1S/C5H7N3O2S/c1-3-4(8(9)10)5(6-2)11-7-3/h6H,1-2H3. The van der Waals surface area contributed by atoms with Crippen molar-refractivity contribution >= 4 is 22.2 Å². The topological polar surface area (TPSA) is 68.1 Å². The lowest BCUT2D eigenvalue weighted by molar-refractivity contribution is -0.384. The van der Waals surface area contributed by atoms with Gasteiger partial charge in [-0.1, -0.05) is 0 Å². The molecule has 0 aromatic carbocycles. The molecule has 0 bridgehead atoms. The Morgan fingerprint density at radius 1 is 1.73 bits per heavy atom. The van der Waals surface area contributed by atoms with Crippen LogP contribution in [0.1, 0.15) is 5.69 Å². The molecule has 6 heteroatoms. The third-order valence-electron chi connectivity index (χ3n) is 1.24. The zero-order chi connectivity index (χ0) is 8.43. The van der Waals surface area contributed by atoms with Crippen LogP contribution in [0, 0.1) is 17.0 Å². The van der Waals surface area contributed by atoms with Gasteiger partial charge >= 0.3 is 5.69 Å². The Kier molecular flexibility index (Phi) is 2.04. The average Bonchev–Trinajstić information content (AvgIpc) is 2.30. The molecule has 0 aliphatic carbocycles. The summed E-state index contributed by atoms with van der Waals surface area (Å²) in [6, 6.07) is 0. The van der Waals surface area contributed by atoms with Crippen LogP contribution >= 0.6 is 11.5 Å². The maximum Gasteiger partial charge on any atom is 0.326 e. The van der Waals surface area contributed by atoms with E-state index in [1.54, 1.807) is 14.0 Å². The van der Waals surface area contributed by atoms with Crippen LogP contribution in [0.2, 0.25) is 0 Å². The highest BCUT2D eigenvalue weighted by Gasteiger charge is 2.19. The SMILES string of the molecule is CNc1snc(C)c1[N+](=O)[O-]. The molecule has 0 amide bonds. The number of nitro groups is 1.